The lowest BCUT2D eigenvalue weighted by Crippen LogP contribution is -2.31. The second kappa shape index (κ2) is 5.10. The third-order valence-corrected chi connectivity index (χ3v) is 2.98. The number of hydrogen-bond donors (Lipinski definition) is 0. The normalized spacial score (nSPS) is 16.9. The second-order valence-corrected chi connectivity index (χ2v) is 4.21. The Balaban J connectivity index is 2.08. The molecule has 86 valence electrons. The summed E-state index contributed by atoms with van der Waals surface area (Å²) < 4.78 is 12.7. The minimum atomic E-state index is -0.299. The van der Waals surface area contributed by atoms with Gasteiger partial charge in [-0.3, -0.25) is 4.79 Å². The molecular weight excluding hydrogens is 205 g/mol. The maximum absolute atomic E-state index is 12.7. The highest BCUT2D eigenvalue weighted by atomic mass is 19.1. The smallest absolute Gasteiger partial charge is 0.253 e. The van der Waals surface area contributed by atoms with Crippen LogP contribution >= 0.6 is 0 Å². The molecule has 1 fully saturated rings. The second-order valence-electron chi connectivity index (χ2n) is 4.21. The summed E-state index contributed by atoms with van der Waals surface area (Å²) in [4.78, 5) is 13.9. The van der Waals surface area contributed by atoms with Crippen molar-refractivity contribution in [3.05, 3.63) is 35.6 Å². The Kier molecular flexibility index (Phi) is 3.54. The number of hydrogen-bond acceptors (Lipinski definition) is 1. The Labute approximate surface area is 95.1 Å². The highest BCUT2D eigenvalue weighted by Crippen LogP contribution is 2.13. The molecule has 1 heterocycles. The molecule has 0 radical (unpaired) electrons. The van der Waals surface area contributed by atoms with E-state index in [1.54, 1.807) is 12.1 Å². The fraction of sp³-hybridized carbons (Fsp3) is 0.462. The van der Waals surface area contributed by atoms with Crippen molar-refractivity contribution in [2.24, 2.45) is 0 Å². The molecule has 0 saturated carbocycles. The molecule has 0 atom stereocenters. The van der Waals surface area contributed by atoms with Crippen molar-refractivity contribution in [1.82, 2.24) is 4.90 Å². The summed E-state index contributed by atoms with van der Waals surface area (Å²) in [6.45, 7) is 1.66. The monoisotopic (exact) mass is 221 g/mol. The van der Waals surface area contributed by atoms with Gasteiger partial charge >= 0.3 is 0 Å². The summed E-state index contributed by atoms with van der Waals surface area (Å²) in [6, 6.07) is 5.79. The minimum absolute atomic E-state index is 0.0295. The zero-order valence-corrected chi connectivity index (χ0v) is 9.29. The number of rotatable bonds is 1. The minimum Gasteiger partial charge on any atom is -0.339 e. The van der Waals surface area contributed by atoms with Crippen LogP contribution in [-0.2, 0) is 0 Å². The van der Waals surface area contributed by atoms with Crippen LogP contribution in [0.25, 0.3) is 0 Å². The van der Waals surface area contributed by atoms with E-state index in [2.05, 4.69) is 0 Å². The quantitative estimate of drug-likeness (QED) is 0.714. The molecule has 1 aliphatic rings. The number of benzene rings is 1. The maximum atomic E-state index is 12.7. The van der Waals surface area contributed by atoms with Gasteiger partial charge < -0.3 is 4.90 Å². The third kappa shape index (κ3) is 2.60. The zero-order chi connectivity index (χ0) is 11.4. The molecule has 16 heavy (non-hydrogen) atoms. The number of nitrogens with zero attached hydrogens (tertiary/aromatic N) is 1. The van der Waals surface area contributed by atoms with E-state index >= 15 is 0 Å². The SMILES string of the molecule is O=C(c1ccc(F)cc1)N1CCCCCC1. The fourth-order valence-corrected chi connectivity index (χ4v) is 2.05. The van der Waals surface area contributed by atoms with Crippen LogP contribution in [0.2, 0.25) is 0 Å². The van der Waals surface area contributed by atoms with Crippen LogP contribution in [0, 0.1) is 5.82 Å². The lowest BCUT2D eigenvalue weighted by atomic mass is 10.2. The lowest BCUT2D eigenvalue weighted by molar-refractivity contribution is 0.0761. The summed E-state index contributed by atoms with van der Waals surface area (Å²) in [6.07, 6.45) is 4.56. The van der Waals surface area contributed by atoms with E-state index in [0.29, 0.717) is 5.56 Å². The van der Waals surface area contributed by atoms with E-state index in [-0.39, 0.29) is 11.7 Å². The molecule has 2 rings (SSSR count). The Hall–Kier alpha value is -1.38. The summed E-state index contributed by atoms with van der Waals surface area (Å²) in [5, 5.41) is 0. The van der Waals surface area contributed by atoms with Crippen molar-refractivity contribution in [2.45, 2.75) is 25.7 Å². The Morgan fingerprint density at radius 2 is 1.56 bits per heavy atom. The van der Waals surface area contributed by atoms with Gasteiger partial charge in [-0.15, -0.1) is 0 Å². The fourth-order valence-electron chi connectivity index (χ4n) is 2.05. The number of halogens is 1. The standard InChI is InChI=1S/C13H16FNO/c14-12-7-5-11(6-8-12)13(16)15-9-3-1-2-4-10-15/h5-8H,1-4,9-10H2. The van der Waals surface area contributed by atoms with Crippen LogP contribution in [0.3, 0.4) is 0 Å². The van der Waals surface area contributed by atoms with Gasteiger partial charge in [0.25, 0.3) is 5.91 Å². The molecule has 0 N–H and O–H groups in total. The van der Waals surface area contributed by atoms with Crippen molar-refractivity contribution in [1.29, 1.82) is 0 Å². The Morgan fingerprint density at radius 1 is 1.00 bits per heavy atom. The maximum Gasteiger partial charge on any atom is 0.253 e. The molecule has 1 aliphatic heterocycles. The number of carbonyl (C=O) groups is 1. The summed E-state index contributed by atoms with van der Waals surface area (Å²) in [5.41, 5.74) is 0.586. The summed E-state index contributed by atoms with van der Waals surface area (Å²) in [7, 11) is 0. The van der Waals surface area contributed by atoms with Gasteiger partial charge in [0.1, 0.15) is 5.82 Å². The number of amides is 1. The molecule has 1 saturated heterocycles. The first kappa shape index (κ1) is 11.1. The largest absolute Gasteiger partial charge is 0.339 e. The van der Waals surface area contributed by atoms with Gasteiger partial charge in [0.15, 0.2) is 0 Å². The van der Waals surface area contributed by atoms with E-state index in [1.807, 2.05) is 4.90 Å². The predicted octanol–water partition coefficient (Wildman–Crippen LogP) is 2.84. The average molecular weight is 221 g/mol. The highest BCUT2D eigenvalue weighted by molar-refractivity contribution is 5.94. The first-order chi connectivity index (χ1) is 7.77. The number of likely N-dealkylation sites (tertiary alicyclic amines) is 1. The van der Waals surface area contributed by atoms with Crippen molar-refractivity contribution in [3.63, 3.8) is 0 Å². The first-order valence-electron chi connectivity index (χ1n) is 5.82. The van der Waals surface area contributed by atoms with Crippen LogP contribution in [0.15, 0.2) is 24.3 Å². The predicted molar refractivity (Wildman–Crippen MR) is 60.8 cm³/mol. The van der Waals surface area contributed by atoms with Gasteiger partial charge in [0, 0.05) is 18.7 Å². The molecule has 0 bridgehead atoms. The molecule has 0 aromatic heterocycles. The van der Waals surface area contributed by atoms with E-state index < -0.39 is 0 Å². The molecule has 3 heteroatoms. The molecule has 2 nitrogen and oxygen atoms in total. The van der Waals surface area contributed by atoms with Gasteiger partial charge in [0.05, 0.1) is 0 Å². The highest BCUT2D eigenvalue weighted by Gasteiger charge is 2.16. The van der Waals surface area contributed by atoms with E-state index in [1.165, 1.54) is 25.0 Å². The van der Waals surface area contributed by atoms with Crippen LogP contribution in [-0.4, -0.2) is 23.9 Å². The van der Waals surface area contributed by atoms with Crippen molar-refractivity contribution >= 4 is 5.91 Å². The number of carbonyl (C=O) groups excluding carboxylic acids is 1. The van der Waals surface area contributed by atoms with Gasteiger partial charge in [-0.1, -0.05) is 12.8 Å². The van der Waals surface area contributed by atoms with Gasteiger partial charge in [-0.25, -0.2) is 4.39 Å². The average Bonchev–Trinajstić information content (AvgIpc) is 2.57. The van der Waals surface area contributed by atoms with Gasteiger partial charge in [0.2, 0.25) is 0 Å². The third-order valence-electron chi connectivity index (χ3n) is 2.98. The van der Waals surface area contributed by atoms with Crippen LogP contribution in [0.4, 0.5) is 4.39 Å². The Bertz CT molecular complexity index is 353. The first-order valence-corrected chi connectivity index (χ1v) is 5.82. The molecule has 1 aromatic carbocycles. The van der Waals surface area contributed by atoms with Crippen molar-refractivity contribution < 1.29 is 9.18 Å². The Morgan fingerprint density at radius 3 is 2.12 bits per heavy atom. The molecular formula is C13H16FNO. The van der Waals surface area contributed by atoms with E-state index in [9.17, 15) is 9.18 Å². The van der Waals surface area contributed by atoms with Crippen LogP contribution in [0.5, 0.6) is 0 Å². The molecule has 1 aromatic rings. The lowest BCUT2D eigenvalue weighted by Gasteiger charge is -2.20. The van der Waals surface area contributed by atoms with Crippen molar-refractivity contribution in [2.75, 3.05) is 13.1 Å². The molecule has 1 amide bonds. The molecule has 0 spiro atoms. The summed E-state index contributed by atoms with van der Waals surface area (Å²) in [5.74, 6) is -0.269. The summed E-state index contributed by atoms with van der Waals surface area (Å²) >= 11 is 0. The van der Waals surface area contributed by atoms with Crippen LogP contribution in [0.1, 0.15) is 36.0 Å². The van der Waals surface area contributed by atoms with Gasteiger partial charge in [-0.05, 0) is 37.1 Å². The topological polar surface area (TPSA) is 20.3 Å². The van der Waals surface area contributed by atoms with E-state index in [0.717, 1.165) is 25.9 Å². The zero-order valence-electron chi connectivity index (χ0n) is 9.29. The molecule has 0 aliphatic carbocycles. The molecule has 0 unspecified atom stereocenters. The van der Waals surface area contributed by atoms with Gasteiger partial charge in [-0.2, -0.15) is 0 Å². The van der Waals surface area contributed by atoms with Crippen molar-refractivity contribution in [3.8, 4) is 0 Å². The van der Waals surface area contributed by atoms with Crippen LogP contribution < -0.4 is 0 Å². The van der Waals surface area contributed by atoms with E-state index in [4.69, 9.17) is 0 Å².